The van der Waals surface area contributed by atoms with Gasteiger partial charge in [-0.2, -0.15) is 0 Å². The number of aliphatic hydroxyl groups is 1. The minimum Gasteiger partial charge on any atom is -0.495 e. The Hall–Kier alpha value is -1.59. The lowest BCUT2D eigenvalue weighted by Gasteiger charge is -2.42. The summed E-state index contributed by atoms with van der Waals surface area (Å²) in [6, 6.07) is 7.65. The van der Waals surface area contributed by atoms with Gasteiger partial charge in [0.1, 0.15) is 5.75 Å². The fourth-order valence-corrected chi connectivity index (χ4v) is 6.11. The van der Waals surface area contributed by atoms with E-state index in [0.29, 0.717) is 11.7 Å². The molecule has 4 aliphatic rings. The van der Waals surface area contributed by atoms with Gasteiger partial charge in [-0.3, -0.25) is 9.69 Å². The maximum absolute atomic E-state index is 13.4. The third-order valence-electron chi connectivity index (χ3n) is 6.86. The molecule has 1 aromatic carbocycles. The molecule has 2 saturated carbocycles. The topological polar surface area (TPSA) is 59.0 Å². The number of para-hydroxylation sites is 2. The highest BCUT2D eigenvalue weighted by Crippen LogP contribution is 2.69. The summed E-state index contributed by atoms with van der Waals surface area (Å²) in [4.78, 5) is 15.3. The van der Waals surface area contributed by atoms with Gasteiger partial charge in [0.15, 0.2) is 5.72 Å². The number of aliphatic hydroxyl groups excluding tert-OH is 1. The van der Waals surface area contributed by atoms with E-state index in [1.54, 1.807) is 7.11 Å². The molecular weight excluding hydrogens is 306 g/mol. The minimum absolute atomic E-state index is 0.0397. The molecule has 2 bridgehead atoms. The van der Waals surface area contributed by atoms with Crippen LogP contribution in [0.15, 0.2) is 24.3 Å². The zero-order chi connectivity index (χ0) is 16.8. The first-order valence-corrected chi connectivity index (χ1v) is 8.85. The summed E-state index contributed by atoms with van der Waals surface area (Å²) in [6.07, 6.45) is 0.283. The van der Waals surface area contributed by atoms with Crippen LogP contribution in [0.25, 0.3) is 0 Å². The largest absolute Gasteiger partial charge is 0.495 e. The average molecular weight is 329 g/mol. The van der Waals surface area contributed by atoms with Gasteiger partial charge in [0.2, 0.25) is 5.91 Å². The molecule has 7 atom stereocenters. The first-order chi connectivity index (χ1) is 11.5. The van der Waals surface area contributed by atoms with Crippen molar-refractivity contribution in [3.8, 4) is 5.75 Å². The molecule has 2 saturated heterocycles. The van der Waals surface area contributed by atoms with Crippen molar-refractivity contribution in [2.75, 3.05) is 12.0 Å². The number of fused-ring (bicyclic) bond motifs is 2. The number of hydrogen-bond acceptors (Lipinski definition) is 4. The van der Waals surface area contributed by atoms with Gasteiger partial charge in [-0.25, -0.2) is 0 Å². The van der Waals surface area contributed by atoms with E-state index in [9.17, 15) is 9.90 Å². The van der Waals surface area contributed by atoms with Crippen molar-refractivity contribution in [2.24, 2.45) is 29.6 Å². The second-order valence-corrected chi connectivity index (χ2v) is 7.94. The summed E-state index contributed by atoms with van der Waals surface area (Å²) < 4.78 is 12.0. The van der Waals surface area contributed by atoms with E-state index in [2.05, 4.69) is 13.8 Å². The number of anilines is 1. The Morgan fingerprint density at radius 3 is 2.79 bits per heavy atom. The molecule has 0 unspecified atom stereocenters. The van der Waals surface area contributed by atoms with Crippen LogP contribution in [0.2, 0.25) is 0 Å². The van der Waals surface area contributed by atoms with E-state index in [0.717, 1.165) is 12.1 Å². The molecule has 2 heterocycles. The molecular formula is C19H23NO4. The zero-order valence-electron chi connectivity index (χ0n) is 14.2. The molecule has 1 amide bonds. The van der Waals surface area contributed by atoms with E-state index in [-0.39, 0.29) is 35.7 Å². The van der Waals surface area contributed by atoms with Crippen LogP contribution in [0, 0.1) is 29.6 Å². The lowest BCUT2D eigenvalue weighted by atomic mass is 9.74. The Balaban J connectivity index is 1.72. The average Bonchev–Trinajstić information content (AvgIpc) is 3.23. The fraction of sp³-hybridized carbons (Fsp3) is 0.632. The van der Waals surface area contributed by atoms with E-state index in [1.807, 2.05) is 29.2 Å². The van der Waals surface area contributed by atoms with Gasteiger partial charge in [0.25, 0.3) is 0 Å². The molecule has 0 aromatic heterocycles. The smallest absolute Gasteiger partial charge is 0.233 e. The predicted molar refractivity (Wildman–Crippen MR) is 87.5 cm³/mol. The SMILES string of the molecule is COc1ccccc1N1C(=O)[C@@H]2[C@H]3C[C@H]4[C@H](O[C@]1(C(C)C)[C@@H]42)[C@H]3O. The number of rotatable bonds is 3. The van der Waals surface area contributed by atoms with Crippen LogP contribution in [0.1, 0.15) is 20.3 Å². The van der Waals surface area contributed by atoms with Crippen molar-refractivity contribution in [3.63, 3.8) is 0 Å². The lowest BCUT2D eigenvalue weighted by molar-refractivity contribution is -0.136. The highest BCUT2D eigenvalue weighted by Gasteiger charge is 2.79. The summed E-state index contributed by atoms with van der Waals surface area (Å²) in [5, 5.41) is 10.6. The van der Waals surface area contributed by atoms with E-state index < -0.39 is 11.8 Å². The predicted octanol–water partition coefficient (Wildman–Crippen LogP) is 2.04. The molecule has 5 rings (SSSR count). The number of benzene rings is 1. The Bertz CT molecular complexity index is 719. The van der Waals surface area contributed by atoms with Crippen molar-refractivity contribution in [2.45, 2.75) is 38.2 Å². The Kier molecular flexibility index (Phi) is 2.78. The third kappa shape index (κ3) is 1.39. The number of ether oxygens (including phenoxy) is 2. The standard InChI is InChI=1S/C19H23NO4/c1-9(2)19-15-11-8-10(16(21)17(11)24-19)14(15)18(22)20(19)12-6-4-5-7-13(12)23-3/h4-7,9-11,14-17,21H,8H2,1-3H3/t10-,11-,14-,15+,16+,17+,19-/m1/s1. The summed E-state index contributed by atoms with van der Waals surface area (Å²) in [5.41, 5.74) is 0.112. The highest BCUT2D eigenvalue weighted by molar-refractivity contribution is 6.01. The van der Waals surface area contributed by atoms with Crippen LogP contribution in [0.5, 0.6) is 5.75 Å². The molecule has 24 heavy (non-hydrogen) atoms. The highest BCUT2D eigenvalue weighted by atomic mass is 16.6. The molecule has 1 N–H and O–H groups in total. The molecule has 4 fully saturated rings. The number of carbonyl (C=O) groups is 1. The Morgan fingerprint density at radius 2 is 2.08 bits per heavy atom. The number of methoxy groups -OCH3 is 1. The molecule has 1 aromatic rings. The Labute approximate surface area is 141 Å². The normalized spacial score (nSPS) is 44.9. The molecule has 5 heteroatoms. The molecule has 128 valence electrons. The second kappa shape index (κ2) is 4.52. The Morgan fingerprint density at radius 1 is 1.33 bits per heavy atom. The van der Waals surface area contributed by atoms with Crippen LogP contribution < -0.4 is 9.64 Å². The van der Waals surface area contributed by atoms with Crippen LogP contribution in [0.3, 0.4) is 0 Å². The lowest BCUT2D eigenvalue weighted by Crippen LogP contribution is -2.54. The molecule has 0 spiro atoms. The van der Waals surface area contributed by atoms with E-state index in [4.69, 9.17) is 9.47 Å². The number of nitrogens with zero attached hydrogens (tertiary/aromatic N) is 1. The van der Waals surface area contributed by atoms with Gasteiger partial charge < -0.3 is 14.6 Å². The second-order valence-electron chi connectivity index (χ2n) is 7.94. The van der Waals surface area contributed by atoms with Crippen molar-refractivity contribution in [3.05, 3.63) is 24.3 Å². The number of hydrogen-bond donors (Lipinski definition) is 1. The van der Waals surface area contributed by atoms with Gasteiger partial charge in [-0.15, -0.1) is 0 Å². The quantitative estimate of drug-likeness (QED) is 0.922. The summed E-state index contributed by atoms with van der Waals surface area (Å²) in [5.74, 6) is 1.29. The van der Waals surface area contributed by atoms with Crippen molar-refractivity contribution >= 4 is 11.6 Å². The number of carbonyl (C=O) groups excluding carboxylic acids is 1. The number of amides is 1. The molecule has 5 nitrogen and oxygen atoms in total. The van der Waals surface area contributed by atoms with Crippen molar-refractivity contribution in [1.82, 2.24) is 0 Å². The third-order valence-corrected chi connectivity index (χ3v) is 6.86. The van der Waals surface area contributed by atoms with Crippen molar-refractivity contribution < 1.29 is 19.4 Å². The summed E-state index contributed by atoms with van der Waals surface area (Å²) in [6.45, 7) is 4.23. The zero-order valence-corrected chi connectivity index (χ0v) is 14.2. The summed E-state index contributed by atoms with van der Waals surface area (Å²) >= 11 is 0. The molecule has 2 aliphatic carbocycles. The van der Waals surface area contributed by atoms with E-state index in [1.165, 1.54) is 0 Å². The monoisotopic (exact) mass is 329 g/mol. The molecule has 0 radical (unpaired) electrons. The maximum atomic E-state index is 13.4. The first-order valence-electron chi connectivity index (χ1n) is 8.85. The van der Waals surface area contributed by atoms with E-state index >= 15 is 0 Å². The van der Waals surface area contributed by atoms with Gasteiger partial charge in [0.05, 0.1) is 30.9 Å². The fourth-order valence-electron chi connectivity index (χ4n) is 6.11. The molecule has 2 aliphatic heterocycles. The van der Waals surface area contributed by atoms with Crippen LogP contribution in [-0.2, 0) is 9.53 Å². The summed E-state index contributed by atoms with van der Waals surface area (Å²) in [7, 11) is 1.63. The van der Waals surface area contributed by atoms with Gasteiger partial charge in [0, 0.05) is 11.8 Å². The van der Waals surface area contributed by atoms with Crippen LogP contribution in [-0.4, -0.2) is 36.1 Å². The van der Waals surface area contributed by atoms with Crippen LogP contribution >= 0.6 is 0 Å². The van der Waals surface area contributed by atoms with Gasteiger partial charge in [-0.05, 0) is 30.4 Å². The minimum atomic E-state index is -0.669. The maximum Gasteiger partial charge on any atom is 0.233 e. The van der Waals surface area contributed by atoms with Crippen molar-refractivity contribution in [1.29, 1.82) is 0 Å². The van der Waals surface area contributed by atoms with Crippen LogP contribution in [0.4, 0.5) is 5.69 Å². The van der Waals surface area contributed by atoms with Gasteiger partial charge >= 0.3 is 0 Å². The first kappa shape index (κ1) is 14.7. The van der Waals surface area contributed by atoms with Gasteiger partial charge in [-0.1, -0.05) is 26.0 Å².